The first-order chi connectivity index (χ1) is 10.3. The summed E-state index contributed by atoms with van der Waals surface area (Å²) in [4.78, 5) is 13.6. The number of nitrogens with one attached hydrogen (secondary N) is 1. The molecule has 2 rings (SSSR count). The highest BCUT2D eigenvalue weighted by molar-refractivity contribution is 7.89. The highest BCUT2D eigenvalue weighted by atomic mass is 35.5. The van der Waals surface area contributed by atoms with Crippen molar-refractivity contribution in [2.24, 2.45) is 5.14 Å². The van der Waals surface area contributed by atoms with Crippen molar-refractivity contribution in [2.45, 2.75) is 11.4 Å². The second-order valence-electron chi connectivity index (χ2n) is 4.32. The number of rotatable bonds is 5. The Morgan fingerprint density at radius 1 is 1.32 bits per heavy atom. The zero-order valence-corrected chi connectivity index (χ0v) is 12.6. The van der Waals surface area contributed by atoms with E-state index in [2.05, 4.69) is 10.3 Å². The summed E-state index contributed by atoms with van der Waals surface area (Å²) in [6.45, 7) is 0.264. The van der Waals surface area contributed by atoms with Gasteiger partial charge in [-0.3, -0.25) is 10.1 Å². The van der Waals surface area contributed by atoms with Crippen LogP contribution in [0.2, 0.25) is 5.02 Å². The maximum Gasteiger partial charge on any atom is 0.312 e. The molecular formula is C12H11ClN4O4S. The van der Waals surface area contributed by atoms with Gasteiger partial charge in [0.2, 0.25) is 15.8 Å². The number of nitrogens with two attached hydrogens (primary N) is 1. The zero-order chi connectivity index (χ0) is 16.3. The van der Waals surface area contributed by atoms with Crippen molar-refractivity contribution in [2.75, 3.05) is 5.32 Å². The van der Waals surface area contributed by atoms with E-state index < -0.39 is 25.5 Å². The molecule has 8 nitrogen and oxygen atoms in total. The molecule has 22 heavy (non-hydrogen) atoms. The highest BCUT2D eigenvalue weighted by Crippen LogP contribution is 2.25. The third kappa shape index (κ3) is 3.91. The van der Waals surface area contributed by atoms with Crippen molar-refractivity contribution >= 4 is 33.1 Å². The number of hydrogen-bond donors (Lipinski definition) is 2. The van der Waals surface area contributed by atoms with Gasteiger partial charge in [0, 0.05) is 23.8 Å². The Morgan fingerprint density at radius 2 is 1.95 bits per heavy atom. The number of sulfonamides is 1. The summed E-state index contributed by atoms with van der Waals surface area (Å²) in [7, 11) is -4.06. The quantitative estimate of drug-likeness (QED) is 0.630. The topological polar surface area (TPSA) is 128 Å². The number of hydrogen-bond acceptors (Lipinski definition) is 6. The van der Waals surface area contributed by atoms with Crippen molar-refractivity contribution in [1.82, 2.24) is 4.98 Å². The van der Waals surface area contributed by atoms with Crippen molar-refractivity contribution in [1.29, 1.82) is 0 Å². The van der Waals surface area contributed by atoms with Crippen molar-refractivity contribution in [3.63, 3.8) is 0 Å². The summed E-state index contributed by atoms with van der Waals surface area (Å²) in [6.07, 6.45) is 0.965. The van der Waals surface area contributed by atoms with Gasteiger partial charge in [-0.2, -0.15) is 0 Å². The van der Waals surface area contributed by atoms with E-state index >= 15 is 0 Å². The normalized spacial score (nSPS) is 11.2. The SMILES string of the molecule is NS(=O)(=O)c1cnc(NCc2ccc(Cl)cc2)c([N+](=O)[O-])c1. The van der Waals surface area contributed by atoms with Gasteiger partial charge >= 0.3 is 5.69 Å². The fourth-order valence-electron chi connectivity index (χ4n) is 1.65. The Hall–Kier alpha value is -2.23. The molecule has 0 aliphatic rings. The molecule has 0 spiro atoms. The van der Waals surface area contributed by atoms with Crippen LogP contribution in [-0.2, 0) is 16.6 Å². The van der Waals surface area contributed by atoms with Gasteiger partial charge in [-0.1, -0.05) is 23.7 Å². The smallest absolute Gasteiger partial charge is 0.312 e. The Balaban J connectivity index is 2.27. The summed E-state index contributed by atoms with van der Waals surface area (Å²) in [5.74, 6) is -0.0487. The van der Waals surface area contributed by atoms with Crippen LogP contribution in [-0.4, -0.2) is 18.3 Å². The minimum atomic E-state index is -4.06. The van der Waals surface area contributed by atoms with E-state index in [1.807, 2.05) is 0 Å². The largest absolute Gasteiger partial charge is 0.360 e. The first-order valence-corrected chi connectivity index (χ1v) is 7.85. The molecule has 1 aromatic carbocycles. The van der Waals surface area contributed by atoms with Crippen LogP contribution in [0, 0.1) is 10.1 Å². The van der Waals surface area contributed by atoms with Gasteiger partial charge in [-0.05, 0) is 17.7 Å². The Labute approximate surface area is 131 Å². The minimum Gasteiger partial charge on any atom is -0.360 e. The molecule has 116 valence electrons. The lowest BCUT2D eigenvalue weighted by Crippen LogP contribution is -2.14. The first kappa shape index (κ1) is 16.1. The van der Waals surface area contributed by atoms with E-state index in [0.29, 0.717) is 5.02 Å². The molecule has 0 bridgehead atoms. The van der Waals surface area contributed by atoms with Gasteiger partial charge in [0.05, 0.1) is 4.92 Å². The summed E-state index contributed by atoms with van der Waals surface area (Å²) in [6, 6.07) is 7.74. The fraction of sp³-hybridized carbons (Fsp3) is 0.0833. The Bertz CT molecular complexity index is 808. The predicted molar refractivity (Wildman–Crippen MR) is 81.0 cm³/mol. The lowest BCUT2D eigenvalue weighted by Gasteiger charge is -2.07. The van der Waals surface area contributed by atoms with Crippen LogP contribution in [0.15, 0.2) is 41.4 Å². The number of aromatic nitrogens is 1. The molecule has 0 aliphatic heterocycles. The van der Waals surface area contributed by atoms with Crippen LogP contribution in [0.1, 0.15) is 5.56 Å². The van der Waals surface area contributed by atoms with Crippen molar-refractivity contribution in [3.8, 4) is 0 Å². The average Bonchev–Trinajstić information content (AvgIpc) is 2.45. The molecule has 0 amide bonds. The Kier molecular flexibility index (Phi) is 4.59. The molecule has 3 N–H and O–H groups in total. The zero-order valence-electron chi connectivity index (χ0n) is 11.1. The minimum absolute atomic E-state index is 0.0487. The van der Waals surface area contributed by atoms with E-state index in [1.54, 1.807) is 24.3 Å². The predicted octanol–water partition coefficient (Wildman–Crippen LogP) is 1.90. The fourth-order valence-corrected chi connectivity index (χ4v) is 2.26. The second kappa shape index (κ2) is 6.26. The van der Waals surface area contributed by atoms with Gasteiger partial charge in [-0.25, -0.2) is 18.5 Å². The molecule has 2 aromatic rings. The third-order valence-corrected chi connectivity index (χ3v) is 3.87. The number of primary sulfonamides is 1. The van der Waals surface area contributed by atoms with E-state index in [4.69, 9.17) is 16.7 Å². The number of anilines is 1. The summed E-state index contributed by atoms with van der Waals surface area (Å²) >= 11 is 5.76. The molecule has 0 aliphatic carbocycles. The molecule has 10 heteroatoms. The average molecular weight is 343 g/mol. The number of nitro groups is 1. The highest BCUT2D eigenvalue weighted by Gasteiger charge is 2.20. The van der Waals surface area contributed by atoms with Gasteiger partial charge in [0.1, 0.15) is 4.90 Å². The van der Waals surface area contributed by atoms with Gasteiger partial charge in [0.25, 0.3) is 0 Å². The molecule has 0 unspecified atom stereocenters. The van der Waals surface area contributed by atoms with Crippen LogP contribution < -0.4 is 10.5 Å². The maximum atomic E-state index is 11.2. The first-order valence-electron chi connectivity index (χ1n) is 5.93. The number of pyridine rings is 1. The van der Waals surface area contributed by atoms with E-state index in [0.717, 1.165) is 17.8 Å². The molecule has 0 saturated carbocycles. The molecule has 0 atom stereocenters. The summed E-state index contributed by atoms with van der Waals surface area (Å²) in [5.41, 5.74) is 0.358. The third-order valence-electron chi connectivity index (χ3n) is 2.74. The summed E-state index contributed by atoms with van der Waals surface area (Å²) < 4.78 is 22.4. The Morgan fingerprint density at radius 3 is 2.50 bits per heavy atom. The second-order valence-corrected chi connectivity index (χ2v) is 6.32. The van der Waals surface area contributed by atoms with Crippen LogP contribution in [0.3, 0.4) is 0 Å². The van der Waals surface area contributed by atoms with Crippen molar-refractivity contribution in [3.05, 3.63) is 57.2 Å². The lowest BCUT2D eigenvalue weighted by atomic mass is 10.2. The molecule has 0 fully saturated rings. The van der Waals surface area contributed by atoms with E-state index in [1.165, 1.54) is 0 Å². The van der Waals surface area contributed by atoms with Gasteiger partial charge < -0.3 is 5.32 Å². The van der Waals surface area contributed by atoms with Crippen LogP contribution in [0.25, 0.3) is 0 Å². The molecule has 0 radical (unpaired) electrons. The van der Waals surface area contributed by atoms with E-state index in [-0.39, 0.29) is 12.4 Å². The van der Waals surface area contributed by atoms with Crippen LogP contribution in [0.4, 0.5) is 11.5 Å². The molecule has 1 aromatic heterocycles. The number of nitrogens with zero attached hydrogens (tertiary/aromatic N) is 2. The van der Waals surface area contributed by atoms with Crippen LogP contribution in [0.5, 0.6) is 0 Å². The van der Waals surface area contributed by atoms with Crippen LogP contribution >= 0.6 is 11.6 Å². The standard InChI is InChI=1S/C12H11ClN4O4S/c13-9-3-1-8(2-4-9)6-15-12-11(17(18)19)5-10(7-16-12)22(14,20)21/h1-5,7H,6H2,(H,15,16)(H2,14,20,21). The monoisotopic (exact) mass is 342 g/mol. The molecule has 0 saturated heterocycles. The van der Waals surface area contributed by atoms with Gasteiger partial charge in [-0.15, -0.1) is 0 Å². The number of halogens is 1. The lowest BCUT2D eigenvalue weighted by molar-refractivity contribution is -0.384. The van der Waals surface area contributed by atoms with E-state index in [9.17, 15) is 18.5 Å². The van der Waals surface area contributed by atoms with Gasteiger partial charge in [0.15, 0.2) is 0 Å². The number of benzene rings is 1. The summed E-state index contributed by atoms with van der Waals surface area (Å²) in [5, 5.41) is 19.3. The maximum absolute atomic E-state index is 11.2. The van der Waals surface area contributed by atoms with Crippen molar-refractivity contribution < 1.29 is 13.3 Å². The molecule has 1 heterocycles. The molecular weight excluding hydrogens is 332 g/mol.